The first-order valence-corrected chi connectivity index (χ1v) is 13.4. The molecular formula is C29H35N7O3. The number of benzene rings is 1. The number of hydrogen-bond donors (Lipinski definition) is 1. The third-order valence-electron chi connectivity index (χ3n) is 7.89. The van der Waals surface area contributed by atoms with Crippen molar-refractivity contribution in [3.05, 3.63) is 53.5 Å². The van der Waals surface area contributed by atoms with Gasteiger partial charge in [-0.2, -0.15) is 5.10 Å². The number of nitrogens with zero attached hydrogens (tertiary/aromatic N) is 7. The highest BCUT2D eigenvalue weighted by atomic mass is 16.5. The van der Waals surface area contributed by atoms with E-state index in [1.165, 1.54) is 0 Å². The van der Waals surface area contributed by atoms with Crippen LogP contribution in [0.1, 0.15) is 49.7 Å². The third kappa shape index (κ3) is 4.18. The normalized spacial score (nSPS) is 15.9. The minimum Gasteiger partial charge on any atom is -0.497 e. The molecule has 1 unspecified atom stereocenters. The molecule has 0 radical (unpaired) electrons. The number of aliphatic hydroxyl groups is 1. The Morgan fingerprint density at radius 2 is 1.87 bits per heavy atom. The molecule has 39 heavy (non-hydrogen) atoms. The number of fused-ring (bicyclic) bond motifs is 3. The Morgan fingerprint density at radius 3 is 2.54 bits per heavy atom. The molecule has 0 saturated carbocycles. The standard InChI is InChI=1S/C29H35N7O3/c1-17-24(35(5)33-31-17)20-15-22-23(30-16-20)26-27(28(29(2,3)37)32-34(26)4)36(22)25(18-10-12-39-13-11-18)19-8-7-9-21(14-19)38-6/h7-9,14-16,18,25,37H,10-13H2,1-6H3. The summed E-state index contributed by atoms with van der Waals surface area (Å²) in [6.07, 6.45) is 3.71. The molecule has 0 spiro atoms. The van der Waals surface area contributed by atoms with Crippen molar-refractivity contribution >= 4 is 22.1 Å². The molecule has 1 saturated heterocycles. The van der Waals surface area contributed by atoms with Gasteiger partial charge in [-0.1, -0.05) is 17.3 Å². The number of methoxy groups -OCH3 is 1. The summed E-state index contributed by atoms with van der Waals surface area (Å²) < 4.78 is 17.4. The lowest BCUT2D eigenvalue weighted by molar-refractivity contribution is 0.0547. The maximum Gasteiger partial charge on any atom is 0.119 e. The van der Waals surface area contributed by atoms with Gasteiger partial charge in [0.1, 0.15) is 28.1 Å². The predicted octanol–water partition coefficient (Wildman–Crippen LogP) is 4.28. The van der Waals surface area contributed by atoms with E-state index in [1.54, 1.807) is 25.6 Å². The molecule has 10 nitrogen and oxygen atoms in total. The highest BCUT2D eigenvalue weighted by Crippen LogP contribution is 2.44. The summed E-state index contributed by atoms with van der Waals surface area (Å²) in [7, 11) is 5.51. The highest BCUT2D eigenvalue weighted by Gasteiger charge is 2.35. The smallest absolute Gasteiger partial charge is 0.119 e. The molecule has 0 aliphatic carbocycles. The second-order valence-corrected chi connectivity index (χ2v) is 11.0. The molecule has 4 aromatic heterocycles. The van der Waals surface area contributed by atoms with Gasteiger partial charge in [-0.3, -0.25) is 9.67 Å². The topological polar surface area (TPSA) is 105 Å². The minimum atomic E-state index is -1.16. The first-order valence-electron chi connectivity index (χ1n) is 13.4. The zero-order valence-corrected chi connectivity index (χ0v) is 23.3. The maximum absolute atomic E-state index is 11.3. The van der Waals surface area contributed by atoms with Gasteiger partial charge in [-0.15, -0.1) is 5.10 Å². The molecule has 1 N–H and O–H groups in total. The average molecular weight is 530 g/mol. The summed E-state index contributed by atoms with van der Waals surface area (Å²) in [5.41, 5.74) is 6.90. The van der Waals surface area contributed by atoms with Gasteiger partial charge in [-0.25, -0.2) is 4.68 Å². The van der Waals surface area contributed by atoms with E-state index in [0.717, 1.165) is 63.2 Å². The molecule has 1 atom stereocenters. The molecule has 10 heteroatoms. The van der Waals surface area contributed by atoms with Crippen LogP contribution in [0.25, 0.3) is 33.3 Å². The van der Waals surface area contributed by atoms with Crippen LogP contribution in [0.15, 0.2) is 36.5 Å². The SMILES string of the molecule is COc1cccc(C(C2CCOCC2)n2c3cc(-c4c(C)nnn4C)cnc3c3c2c(C(C)(C)O)nn3C)c1. The lowest BCUT2D eigenvalue weighted by Crippen LogP contribution is -2.28. The molecule has 6 rings (SSSR count). The molecule has 204 valence electrons. The Hall–Kier alpha value is -3.76. The quantitative estimate of drug-likeness (QED) is 0.350. The molecule has 1 aliphatic heterocycles. The number of ether oxygens (including phenoxy) is 2. The molecule has 1 aromatic carbocycles. The number of aromatic nitrogens is 7. The minimum absolute atomic E-state index is 0.0582. The van der Waals surface area contributed by atoms with Crippen molar-refractivity contribution < 1.29 is 14.6 Å². The van der Waals surface area contributed by atoms with Gasteiger partial charge in [0.25, 0.3) is 0 Å². The molecule has 1 aliphatic rings. The van der Waals surface area contributed by atoms with Crippen LogP contribution in [0.3, 0.4) is 0 Å². The van der Waals surface area contributed by atoms with Crippen molar-refractivity contribution in [2.75, 3.05) is 20.3 Å². The summed E-state index contributed by atoms with van der Waals surface area (Å²) in [6, 6.07) is 10.4. The van der Waals surface area contributed by atoms with Crippen LogP contribution >= 0.6 is 0 Å². The predicted molar refractivity (Wildman–Crippen MR) is 149 cm³/mol. The van der Waals surface area contributed by atoms with E-state index in [0.29, 0.717) is 24.8 Å². The van der Waals surface area contributed by atoms with Gasteiger partial charge in [0, 0.05) is 39.1 Å². The Kier molecular flexibility index (Phi) is 6.19. The van der Waals surface area contributed by atoms with Gasteiger partial charge in [-0.05, 0) is 63.3 Å². The molecule has 5 aromatic rings. The van der Waals surface area contributed by atoms with Crippen molar-refractivity contribution in [2.24, 2.45) is 20.0 Å². The second-order valence-electron chi connectivity index (χ2n) is 11.0. The molecule has 0 bridgehead atoms. The number of rotatable bonds is 6. The average Bonchev–Trinajstić information content (AvgIpc) is 3.56. The van der Waals surface area contributed by atoms with Gasteiger partial charge in [0.15, 0.2) is 0 Å². The number of aryl methyl sites for hydroxylation is 3. The summed E-state index contributed by atoms with van der Waals surface area (Å²) in [4.78, 5) is 5.00. The Morgan fingerprint density at radius 1 is 1.10 bits per heavy atom. The van der Waals surface area contributed by atoms with E-state index >= 15 is 0 Å². The van der Waals surface area contributed by atoms with Crippen molar-refractivity contribution in [3.63, 3.8) is 0 Å². The van der Waals surface area contributed by atoms with E-state index in [1.807, 2.05) is 44.0 Å². The van der Waals surface area contributed by atoms with Crippen molar-refractivity contribution in [1.29, 1.82) is 0 Å². The van der Waals surface area contributed by atoms with E-state index < -0.39 is 5.60 Å². The van der Waals surface area contributed by atoms with Gasteiger partial charge in [0.05, 0.1) is 35.6 Å². The summed E-state index contributed by atoms with van der Waals surface area (Å²) in [5.74, 6) is 1.10. The van der Waals surface area contributed by atoms with Gasteiger partial charge >= 0.3 is 0 Å². The summed E-state index contributed by atoms with van der Waals surface area (Å²) >= 11 is 0. The van der Waals surface area contributed by atoms with Crippen molar-refractivity contribution in [1.82, 2.24) is 34.3 Å². The fourth-order valence-corrected chi connectivity index (χ4v) is 6.12. The number of hydrogen-bond acceptors (Lipinski definition) is 7. The Labute approximate surface area is 227 Å². The van der Waals surface area contributed by atoms with Crippen LogP contribution in [0.2, 0.25) is 0 Å². The Bertz CT molecular complexity index is 1650. The zero-order chi connectivity index (χ0) is 27.5. The first kappa shape index (κ1) is 25.5. The summed E-state index contributed by atoms with van der Waals surface area (Å²) in [5, 5.41) is 24.6. The van der Waals surface area contributed by atoms with Gasteiger partial charge in [0.2, 0.25) is 0 Å². The maximum atomic E-state index is 11.3. The van der Waals surface area contributed by atoms with Crippen molar-refractivity contribution in [2.45, 2.75) is 45.3 Å². The van der Waals surface area contributed by atoms with Crippen LogP contribution in [-0.2, 0) is 24.4 Å². The lowest BCUT2D eigenvalue weighted by Gasteiger charge is -2.33. The molecule has 0 amide bonds. The first-order chi connectivity index (χ1) is 18.7. The highest BCUT2D eigenvalue weighted by molar-refractivity contribution is 6.06. The number of pyridine rings is 1. The summed E-state index contributed by atoms with van der Waals surface area (Å²) in [6.45, 7) is 6.95. The van der Waals surface area contributed by atoms with Crippen LogP contribution in [0.4, 0.5) is 0 Å². The van der Waals surface area contributed by atoms with E-state index in [9.17, 15) is 5.11 Å². The fraction of sp³-hybridized carbons (Fsp3) is 0.448. The van der Waals surface area contributed by atoms with Gasteiger partial charge < -0.3 is 19.1 Å². The van der Waals surface area contributed by atoms with Crippen LogP contribution in [-0.4, -0.2) is 59.8 Å². The van der Waals surface area contributed by atoms with Crippen LogP contribution in [0.5, 0.6) is 5.75 Å². The van der Waals surface area contributed by atoms with E-state index in [2.05, 4.69) is 33.1 Å². The van der Waals surface area contributed by atoms with Crippen LogP contribution < -0.4 is 4.74 Å². The fourth-order valence-electron chi connectivity index (χ4n) is 6.12. The van der Waals surface area contributed by atoms with E-state index in [-0.39, 0.29) is 6.04 Å². The molecule has 5 heterocycles. The monoisotopic (exact) mass is 529 g/mol. The third-order valence-corrected chi connectivity index (χ3v) is 7.89. The van der Waals surface area contributed by atoms with Crippen LogP contribution in [0, 0.1) is 12.8 Å². The molecular weight excluding hydrogens is 494 g/mol. The zero-order valence-electron chi connectivity index (χ0n) is 23.3. The molecule has 1 fully saturated rings. The Balaban J connectivity index is 1.73. The largest absolute Gasteiger partial charge is 0.497 e. The van der Waals surface area contributed by atoms with Crippen molar-refractivity contribution in [3.8, 4) is 17.0 Å². The second kappa shape index (κ2) is 9.46. The van der Waals surface area contributed by atoms with E-state index in [4.69, 9.17) is 19.6 Å². The lowest BCUT2D eigenvalue weighted by atomic mass is 9.86.